The van der Waals surface area contributed by atoms with E-state index in [0.29, 0.717) is 10.9 Å². The monoisotopic (exact) mass is 380 g/mol. The molecule has 0 radical (unpaired) electrons. The zero-order valence-corrected chi connectivity index (χ0v) is 15.8. The predicted octanol–water partition coefficient (Wildman–Crippen LogP) is 2.24. The molecule has 0 bridgehead atoms. The lowest BCUT2D eigenvalue weighted by atomic mass is 10.0. The van der Waals surface area contributed by atoms with Crippen molar-refractivity contribution in [2.45, 2.75) is 6.92 Å². The SMILES string of the molecule is COc1ccc(-c2ccc3c(O)c(C(=O)NCC(C)=O)c(=O)n(C)c3c2)cc1. The average molecular weight is 380 g/mol. The van der Waals surface area contributed by atoms with E-state index in [0.717, 1.165) is 16.9 Å². The number of fused-ring (bicyclic) bond motifs is 1. The van der Waals surface area contributed by atoms with Gasteiger partial charge >= 0.3 is 0 Å². The average Bonchev–Trinajstić information content (AvgIpc) is 2.70. The molecule has 0 saturated carbocycles. The number of benzene rings is 2. The number of hydrogen-bond acceptors (Lipinski definition) is 5. The zero-order valence-electron chi connectivity index (χ0n) is 15.8. The first-order chi connectivity index (χ1) is 13.3. The van der Waals surface area contributed by atoms with E-state index in [-0.39, 0.29) is 17.9 Å². The molecule has 1 aromatic heterocycles. The third kappa shape index (κ3) is 3.46. The van der Waals surface area contributed by atoms with Crippen LogP contribution >= 0.6 is 0 Å². The number of aromatic nitrogens is 1. The first-order valence-electron chi connectivity index (χ1n) is 8.61. The molecule has 7 nitrogen and oxygen atoms in total. The summed E-state index contributed by atoms with van der Waals surface area (Å²) in [6, 6.07) is 12.7. The van der Waals surface area contributed by atoms with E-state index in [1.807, 2.05) is 24.3 Å². The lowest BCUT2D eigenvalue weighted by Gasteiger charge is -2.13. The standard InChI is InChI=1S/C21H20N2O5/c1-12(24)11-22-20(26)18-19(25)16-9-6-14(10-17(16)23(2)21(18)27)13-4-7-15(28-3)8-5-13/h4-10,25H,11H2,1-3H3,(H,22,26). The Bertz CT molecular complexity index is 1130. The molecule has 28 heavy (non-hydrogen) atoms. The van der Waals surface area contributed by atoms with Crippen molar-refractivity contribution in [3.63, 3.8) is 0 Å². The third-order valence-corrected chi connectivity index (χ3v) is 4.52. The van der Waals surface area contributed by atoms with Gasteiger partial charge in [-0.2, -0.15) is 0 Å². The molecule has 0 aliphatic rings. The molecule has 0 aliphatic carbocycles. The van der Waals surface area contributed by atoms with Gasteiger partial charge in [-0.05, 0) is 42.3 Å². The molecule has 0 aliphatic heterocycles. The Labute approximate surface area is 161 Å². The molecule has 0 spiro atoms. The minimum Gasteiger partial charge on any atom is -0.506 e. The Balaban J connectivity index is 2.11. The van der Waals surface area contributed by atoms with Crippen LogP contribution in [0, 0.1) is 0 Å². The van der Waals surface area contributed by atoms with Gasteiger partial charge < -0.3 is 19.7 Å². The van der Waals surface area contributed by atoms with Crippen molar-refractivity contribution in [1.82, 2.24) is 9.88 Å². The lowest BCUT2D eigenvalue weighted by Crippen LogP contribution is -2.34. The number of amides is 1. The Morgan fingerprint density at radius 3 is 2.36 bits per heavy atom. The first kappa shape index (κ1) is 19.2. The fraction of sp³-hybridized carbons (Fsp3) is 0.190. The topological polar surface area (TPSA) is 97.6 Å². The van der Waals surface area contributed by atoms with Crippen LogP contribution in [-0.4, -0.2) is 35.0 Å². The van der Waals surface area contributed by atoms with Crippen LogP contribution in [0.2, 0.25) is 0 Å². The summed E-state index contributed by atoms with van der Waals surface area (Å²) in [6.45, 7) is 1.11. The molecule has 7 heteroatoms. The summed E-state index contributed by atoms with van der Waals surface area (Å²) >= 11 is 0. The number of rotatable bonds is 5. The van der Waals surface area contributed by atoms with Gasteiger partial charge in [-0.1, -0.05) is 18.2 Å². The number of carbonyl (C=O) groups is 2. The van der Waals surface area contributed by atoms with Gasteiger partial charge in [-0.3, -0.25) is 14.4 Å². The van der Waals surface area contributed by atoms with Gasteiger partial charge in [0.2, 0.25) is 0 Å². The number of pyridine rings is 1. The molecular formula is C21H20N2O5. The number of aromatic hydroxyl groups is 1. The quantitative estimate of drug-likeness (QED) is 0.707. The highest BCUT2D eigenvalue weighted by atomic mass is 16.5. The van der Waals surface area contributed by atoms with Crippen molar-refractivity contribution < 1.29 is 19.4 Å². The number of carbonyl (C=O) groups excluding carboxylic acids is 2. The second kappa shape index (κ2) is 7.56. The van der Waals surface area contributed by atoms with Crippen LogP contribution in [-0.2, 0) is 11.8 Å². The van der Waals surface area contributed by atoms with Crippen LogP contribution in [0.1, 0.15) is 17.3 Å². The fourth-order valence-electron chi connectivity index (χ4n) is 2.98. The molecule has 3 rings (SSSR count). The van der Waals surface area contributed by atoms with Crippen LogP contribution in [0.4, 0.5) is 0 Å². The van der Waals surface area contributed by atoms with E-state index in [1.165, 1.54) is 18.5 Å². The number of ketones is 1. The smallest absolute Gasteiger partial charge is 0.267 e. The van der Waals surface area contributed by atoms with Crippen molar-refractivity contribution in [1.29, 1.82) is 0 Å². The van der Waals surface area contributed by atoms with Gasteiger partial charge in [-0.15, -0.1) is 0 Å². The van der Waals surface area contributed by atoms with Gasteiger partial charge in [0.05, 0.1) is 19.2 Å². The maximum atomic E-state index is 12.7. The maximum absolute atomic E-state index is 12.7. The van der Waals surface area contributed by atoms with E-state index in [4.69, 9.17) is 4.74 Å². The number of nitrogens with zero attached hydrogens (tertiary/aromatic N) is 1. The highest BCUT2D eigenvalue weighted by Crippen LogP contribution is 2.30. The van der Waals surface area contributed by atoms with Crippen molar-refractivity contribution in [2.24, 2.45) is 7.05 Å². The Hall–Kier alpha value is -3.61. The van der Waals surface area contributed by atoms with Crippen LogP contribution in [0.5, 0.6) is 11.5 Å². The molecule has 144 valence electrons. The molecule has 0 saturated heterocycles. The maximum Gasteiger partial charge on any atom is 0.267 e. The van der Waals surface area contributed by atoms with E-state index in [1.54, 1.807) is 25.3 Å². The number of methoxy groups -OCH3 is 1. The van der Waals surface area contributed by atoms with Crippen LogP contribution in [0.25, 0.3) is 22.0 Å². The Morgan fingerprint density at radius 2 is 1.75 bits per heavy atom. The molecule has 3 aromatic rings. The minimum atomic E-state index is -0.783. The predicted molar refractivity (Wildman–Crippen MR) is 106 cm³/mol. The molecule has 0 fully saturated rings. The van der Waals surface area contributed by atoms with E-state index >= 15 is 0 Å². The van der Waals surface area contributed by atoms with E-state index < -0.39 is 17.2 Å². The molecule has 0 unspecified atom stereocenters. The van der Waals surface area contributed by atoms with Crippen molar-refractivity contribution in [2.75, 3.05) is 13.7 Å². The molecule has 0 atom stereocenters. The number of Topliss-reactive ketones (excluding diaryl/α,β-unsaturated/α-hetero) is 1. The zero-order chi connectivity index (χ0) is 20.4. The van der Waals surface area contributed by atoms with Crippen LogP contribution in [0.15, 0.2) is 47.3 Å². The molecular weight excluding hydrogens is 360 g/mol. The minimum absolute atomic E-state index is 0.212. The van der Waals surface area contributed by atoms with Gasteiger partial charge in [0, 0.05) is 12.4 Å². The number of ether oxygens (including phenoxy) is 1. The van der Waals surface area contributed by atoms with Crippen LogP contribution in [0.3, 0.4) is 0 Å². The van der Waals surface area contributed by atoms with Gasteiger partial charge in [0.15, 0.2) is 0 Å². The highest BCUT2D eigenvalue weighted by Gasteiger charge is 2.21. The first-order valence-corrected chi connectivity index (χ1v) is 8.61. The Kier molecular flexibility index (Phi) is 5.17. The second-order valence-electron chi connectivity index (χ2n) is 6.43. The van der Waals surface area contributed by atoms with Crippen molar-refractivity contribution >= 4 is 22.6 Å². The highest BCUT2D eigenvalue weighted by molar-refractivity contribution is 6.03. The number of hydrogen-bond donors (Lipinski definition) is 2. The van der Waals surface area contributed by atoms with Gasteiger partial charge in [-0.25, -0.2) is 0 Å². The molecule has 2 N–H and O–H groups in total. The molecule has 1 heterocycles. The number of aryl methyl sites for hydroxylation is 1. The van der Waals surface area contributed by atoms with Crippen molar-refractivity contribution in [3.05, 3.63) is 58.4 Å². The van der Waals surface area contributed by atoms with Crippen LogP contribution < -0.4 is 15.6 Å². The fourth-order valence-corrected chi connectivity index (χ4v) is 2.98. The largest absolute Gasteiger partial charge is 0.506 e. The van der Waals surface area contributed by atoms with E-state index in [9.17, 15) is 19.5 Å². The summed E-state index contributed by atoms with van der Waals surface area (Å²) in [5.74, 6) is -0.708. The van der Waals surface area contributed by atoms with Gasteiger partial charge in [0.1, 0.15) is 22.8 Å². The lowest BCUT2D eigenvalue weighted by molar-refractivity contribution is -0.116. The summed E-state index contributed by atoms with van der Waals surface area (Å²) in [6.07, 6.45) is 0. The summed E-state index contributed by atoms with van der Waals surface area (Å²) in [7, 11) is 3.12. The molecule has 1 amide bonds. The summed E-state index contributed by atoms with van der Waals surface area (Å²) in [4.78, 5) is 36.0. The second-order valence-corrected chi connectivity index (χ2v) is 6.43. The van der Waals surface area contributed by atoms with Gasteiger partial charge in [0.25, 0.3) is 11.5 Å². The summed E-state index contributed by atoms with van der Waals surface area (Å²) < 4.78 is 6.47. The van der Waals surface area contributed by atoms with E-state index in [2.05, 4.69) is 5.32 Å². The third-order valence-electron chi connectivity index (χ3n) is 4.52. The summed E-state index contributed by atoms with van der Waals surface area (Å²) in [5.41, 5.74) is 1.22. The number of nitrogens with one attached hydrogen (secondary N) is 1. The molecule has 2 aromatic carbocycles. The normalized spacial score (nSPS) is 10.7. The summed E-state index contributed by atoms with van der Waals surface area (Å²) in [5, 5.41) is 13.3. The Morgan fingerprint density at radius 1 is 1.11 bits per heavy atom. The van der Waals surface area contributed by atoms with Crippen molar-refractivity contribution in [3.8, 4) is 22.6 Å².